The van der Waals surface area contributed by atoms with Gasteiger partial charge in [0.25, 0.3) is 0 Å². The highest BCUT2D eigenvalue weighted by Crippen LogP contribution is 2.19. The second-order valence-corrected chi connectivity index (χ2v) is 5.87. The topological polar surface area (TPSA) is 64.4 Å². The van der Waals surface area contributed by atoms with E-state index in [1.807, 2.05) is 44.4 Å². The van der Waals surface area contributed by atoms with Crippen LogP contribution in [0.1, 0.15) is 25.8 Å². The molecule has 0 saturated carbocycles. The molecule has 0 bridgehead atoms. The van der Waals surface area contributed by atoms with E-state index in [1.165, 1.54) is 0 Å². The van der Waals surface area contributed by atoms with Gasteiger partial charge in [-0.1, -0.05) is 18.2 Å². The number of thioether (sulfide) groups is 1. The molecule has 21 heavy (non-hydrogen) atoms. The van der Waals surface area contributed by atoms with Crippen LogP contribution in [0.2, 0.25) is 0 Å². The molecule has 4 nitrogen and oxygen atoms in total. The molecule has 120 valence electrons. The van der Waals surface area contributed by atoms with Crippen molar-refractivity contribution in [3.8, 4) is 5.75 Å². The minimum Gasteiger partial charge on any atom is -0.491 e. The molecule has 6 heteroatoms. The summed E-state index contributed by atoms with van der Waals surface area (Å²) in [5.41, 5.74) is 6.79. The maximum absolute atomic E-state index is 11.9. The monoisotopic (exact) mass is 332 g/mol. The van der Waals surface area contributed by atoms with Gasteiger partial charge in [0, 0.05) is 12.1 Å². The number of hydrogen-bond donors (Lipinski definition) is 2. The Bertz CT molecular complexity index is 430. The maximum atomic E-state index is 11.9. The van der Waals surface area contributed by atoms with Crippen molar-refractivity contribution in [3.05, 3.63) is 29.8 Å². The molecule has 1 amide bonds. The number of nitrogens with two attached hydrogens (primary N) is 1. The van der Waals surface area contributed by atoms with Gasteiger partial charge in [-0.15, -0.1) is 12.4 Å². The lowest BCUT2D eigenvalue weighted by molar-refractivity contribution is -0.122. The molecule has 1 rings (SSSR count). The summed E-state index contributed by atoms with van der Waals surface area (Å²) < 4.78 is 5.72. The Labute approximate surface area is 137 Å². The molecule has 1 atom stereocenters. The highest BCUT2D eigenvalue weighted by atomic mass is 35.5. The van der Waals surface area contributed by atoms with Gasteiger partial charge < -0.3 is 15.8 Å². The van der Waals surface area contributed by atoms with E-state index >= 15 is 0 Å². The summed E-state index contributed by atoms with van der Waals surface area (Å²) in [6.07, 6.45) is 2.80. The lowest BCUT2D eigenvalue weighted by Gasteiger charge is -2.16. The van der Waals surface area contributed by atoms with E-state index in [0.717, 1.165) is 17.1 Å². The van der Waals surface area contributed by atoms with E-state index in [0.29, 0.717) is 13.0 Å². The second-order valence-electron chi connectivity index (χ2n) is 4.88. The van der Waals surface area contributed by atoms with E-state index in [9.17, 15) is 4.79 Å². The van der Waals surface area contributed by atoms with Gasteiger partial charge in [-0.25, -0.2) is 0 Å². The van der Waals surface area contributed by atoms with Gasteiger partial charge in [0.05, 0.1) is 12.1 Å². The molecule has 0 spiro atoms. The number of amides is 1. The highest BCUT2D eigenvalue weighted by Gasteiger charge is 2.13. The summed E-state index contributed by atoms with van der Waals surface area (Å²) in [6.45, 7) is 4.40. The van der Waals surface area contributed by atoms with Crippen molar-refractivity contribution in [1.82, 2.24) is 5.32 Å². The van der Waals surface area contributed by atoms with Crippen LogP contribution in [-0.4, -0.2) is 30.1 Å². The summed E-state index contributed by atoms with van der Waals surface area (Å²) in [6, 6.07) is 7.27. The van der Waals surface area contributed by atoms with Crippen molar-refractivity contribution in [2.75, 3.05) is 12.0 Å². The summed E-state index contributed by atoms with van der Waals surface area (Å²) >= 11 is 1.69. The third-order valence-corrected chi connectivity index (χ3v) is 3.40. The Morgan fingerprint density at radius 2 is 2.05 bits per heavy atom. The largest absolute Gasteiger partial charge is 0.491 e. The Kier molecular flexibility index (Phi) is 10.3. The van der Waals surface area contributed by atoms with Crippen LogP contribution in [0, 0.1) is 0 Å². The minimum absolute atomic E-state index is 0. The van der Waals surface area contributed by atoms with Gasteiger partial charge in [-0.05, 0) is 38.3 Å². The standard InChI is InChI=1S/C15H24N2O2S.ClH/c1-11(2)19-14-7-5-4-6-12(14)10-17-15(18)13(16)8-9-20-3;/h4-7,11,13H,8-10,16H2,1-3H3,(H,17,18);1H/t13-;/m0./s1. The molecule has 1 aromatic rings. The number of halogens is 1. The smallest absolute Gasteiger partial charge is 0.237 e. The van der Waals surface area contributed by atoms with Crippen molar-refractivity contribution in [1.29, 1.82) is 0 Å². The number of carbonyl (C=O) groups is 1. The van der Waals surface area contributed by atoms with Crippen LogP contribution in [0.5, 0.6) is 5.75 Å². The Morgan fingerprint density at radius 1 is 1.38 bits per heavy atom. The molecule has 0 saturated heterocycles. The zero-order chi connectivity index (χ0) is 15.0. The van der Waals surface area contributed by atoms with E-state index in [2.05, 4.69) is 5.32 Å². The number of rotatable bonds is 8. The average Bonchev–Trinajstić information content (AvgIpc) is 2.42. The van der Waals surface area contributed by atoms with Crippen LogP contribution >= 0.6 is 24.2 Å². The fourth-order valence-corrected chi connectivity index (χ4v) is 2.20. The quantitative estimate of drug-likeness (QED) is 0.768. The fourth-order valence-electron chi connectivity index (χ4n) is 1.71. The summed E-state index contributed by atoms with van der Waals surface area (Å²) in [5, 5.41) is 2.87. The molecular weight excluding hydrogens is 308 g/mol. The summed E-state index contributed by atoms with van der Waals surface area (Å²) in [4.78, 5) is 11.9. The van der Waals surface area contributed by atoms with Crippen molar-refractivity contribution in [2.45, 2.75) is 39.0 Å². The highest BCUT2D eigenvalue weighted by molar-refractivity contribution is 7.98. The zero-order valence-electron chi connectivity index (χ0n) is 12.8. The van der Waals surface area contributed by atoms with Gasteiger partial charge in [0.15, 0.2) is 0 Å². The van der Waals surface area contributed by atoms with Gasteiger partial charge in [-0.3, -0.25) is 4.79 Å². The first-order chi connectivity index (χ1) is 9.54. The molecule has 0 aliphatic heterocycles. The molecule has 1 aromatic carbocycles. The van der Waals surface area contributed by atoms with Crippen LogP contribution in [0.25, 0.3) is 0 Å². The Hall–Kier alpha value is -0.910. The lowest BCUT2D eigenvalue weighted by atomic mass is 10.2. The molecule has 3 N–H and O–H groups in total. The number of nitrogens with one attached hydrogen (secondary N) is 1. The van der Waals surface area contributed by atoms with Crippen LogP contribution in [-0.2, 0) is 11.3 Å². The molecule has 0 unspecified atom stereocenters. The van der Waals surface area contributed by atoms with E-state index < -0.39 is 6.04 Å². The first kappa shape index (κ1) is 20.1. The molecule has 0 heterocycles. The normalized spacial score (nSPS) is 11.7. The lowest BCUT2D eigenvalue weighted by Crippen LogP contribution is -2.40. The Morgan fingerprint density at radius 3 is 2.67 bits per heavy atom. The van der Waals surface area contributed by atoms with Crippen LogP contribution < -0.4 is 15.8 Å². The third-order valence-electron chi connectivity index (χ3n) is 2.76. The number of ether oxygens (including phenoxy) is 1. The second kappa shape index (κ2) is 10.8. The predicted molar refractivity (Wildman–Crippen MR) is 92.3 cm³/mol. The molecule has 0 aliphatic carbocycles. The van der Waals surface area contributed by atoms with Gasteiger partial charge in [0.2, 0.25) is 5.91 Å². The van der Waals surface area contributed by atoms with E-state index in [1.54, 1.807) is 11.8 Å². The summed E-state index contributed by atoms with van der Waals surface area (Å²) in [5.74, 6) is 1.58. The van der Waals surface area contributed by atoms with Crippen LogP contribution in [0.4, 0.5) is 0 Å². The number of para-hydroxylation sites is 1. The van der Waals surface area contributed by atoms with E-state index in [-0.39, 0.29) is 24.4 Å². The minimum atomic E-state index is -0.444. The average molecular weight is 333 g/mol. The van der Waals surface area contributed by atoms with Crippen LogP contribution in [0.3, 0.4) is 0 Å². The number of benzene rings is 1. The van der Waals surface area contributed by atoms with Gasteiger partial charge in [-0.2, -0.15) is 11.8 Å². The molecule has 0 fully saturated rings. The van der Waals surface area contributed by atoms with Crippen LogP contribution in [0.15, 0.2) is 24.3 Å². The van der Waals surface area contributed by atoms with Gasteiger partial charge >= 0.3 is 0 Å². The number of hydrogen-bond acceptors (Lipinski definition) is 4. The zero-order valence-corrected chi connectivity index (χ0v) is 14.4. The maximum Gasteiger partial charge on any atom is 0.237 e. The van der Waals surface area contributed by atoms with Gasteiger partial charge in [0.1, 0.15) is 5.75 Å². The molecular formula is C15H25ClN2O2S. The van der Waals surface area contributed by atoms with Crippen molar-refractivity contribution in [3.63, 3.8) is 0 Å². The number of carbonyl (C=O) groups excluding carboxylic acids is 1. The Balaban J connectivity index is 0.00000400. The van der Waals surface area contributed by atoms with Crippen molar-refractivity contribution in [2.24, 2.45) is 5.73 Å². The third kappa shape index (κ3) is 7.60. The summed E-state index contributed by atoms with van der Waals surface area (Å²) in [7, 11) is 0. The SMILES string of the molecule is CSCC[C@H](N)C(=O)NCc1ccccc1OC(C)C.Cl. The molecule has 0 radical (unpaired) electrons. The fraction of sp³-hybridized carbons (Fsp3) is 0.533. The first-order valence-electron chi connectivity index (χ1n) is 6.81. The van der Waals surface area contributed by atoms with E-state index in [4.69, 9.17) is 10.5 Å². The predicted octanol–water partition coefficient (Wildman–Crippen LogP) is 2.59. The first-order valence-corrected chi connectivity index (χ1v) is 8.20. The van der Waals surface area contributed by atoms with Crippen molar-refractivity contribution >= 4 is 30.1 Å². The van der Waals surface area contributed by atoms with Crippen molar-refractivity contribution < 1.29 is 9.53 Å². The molecule has 0 aromatic heterocycles. The molecule has 0 aliphatic rings.